The van der Waals surface area contributed by atoms with Crippen LogP contribution >= 0.6 is 15.9 Å². The van der Waals surface area contributed by atoms with Crippen molar-refractivity contribution in [1.29, 1.82) is 0 Å². The van der Waals surface area contributed by atoms with Crippen LogP contribution in [0, 0.1) is 5.92 Å². The molecule has 1 unspecified atom stereocenters. The van der Waals surface area contributed by atoms with E-state index in [9.17, 15) is 9.59 Å². The molecule has 0 aromatic heterocycles. The summed E-state index contributed by atoms with van der Waals surface area (Å²) in [6.07, 6.45) is 2.67. The van der Waals surface area contributed by atoms with Crippen molar-refractivity contribution in [2.45, 2.75) is 31.6 Å². The second kappa shape index (κ2) is 5.95. The third-order valence-corrected chi connectivity index (χ3v) is 4.56. The molecule has 2 N–H and O–H groups in total. The summed E-state index contributed by atoms with van der Waals surface area (Å²) in [7, 11) is 0. The highest BCUT2D eigenvalue weighted by molar-refractivity contribution is 9.10. The van der Waals surface area contributed by atoms with E-state index < -0.39 is 17.3 Å². The number of benzene rings is 1. The fourth-order valence-electron chi connectivity index (χ4n) is 2.45. The van der Waals surface area contributed by atoms with Crippen molar-refractivity contribution in [3.8, 4) is 0 Å². The van der Waals surface area contributed by atoms with E-state index in [1.165, 1.54) is 0 Å². The molecule has 20 heavy (non-hydrogen) atoms. The molecule has 1 atom stereocenters. The Morgan fingerprint density at radius 1 is 1.35 bits per heavy atom. The third kappa shape index (κ3) is 2.87. The molecule has 1 aliphatic carbocycles. The van der Waals surface area contributed by atoms with E-state index in [4.69, 9.17) is 5.11 Å². The molecular formula is C15H18BrNO3. The Balaban J connectivity index is 2.09. The van der Waals surface area contributed by atoms with Gasteiger partial charge in [-0.25, -0.2) is 0 Å². The average Bonchev–Trinajstić information content (AvgIpc) is 2.36. The number of rotatable bonds is 5. The van der Waals surface area contributed by atoms with E-state index in [2.05, 4.69) is 21.2 Å². The van der Waals surface area contributed by atoms with Crippen LogP contribution < -0.4 is 5.32 Å². The first-order valence-electron chi connectivity index (χ1n) is 6.73. The molecule has 0 heterocycles. The molecule has 5 heteroatoms. The standard InChI is InChI=1S/C15H18BrNO3/c1-10(13(18)19)9-17-14(20)15(7-2-8-15)11-3-5-12(16)6-4-11/h3-6,10H,2,7-9H2,1H3,(H,17,20)(H,18,19). The SMILES string of the molecule is CC(CNC(=O)C1(c2ccc(Br)cc2)CCC1)C(=O)O. The summed E-state index contributed by atoms with van der Waals surface area (Å²) >= 11 is 3.39. The lowest BCUT2D eigenvalue weighted by Gasteiger charge is -2.41. The van der Waals surface area contributed by atoms with E-state index in [1.54, 1.807) is 6.92 Å². The topological polar surface area (TPSA) is 66.4 Å². The van der Waals surface area contributed by atoms with Gasteiger partial charge >= 0.3 is 5.97 Å². The van der Waals surface area contributed by atoms with Crippen LogP contribution in [0.15, 0.2) is 28.7 Å². The van der Waals surface area contributed by atoms with Gasteiger partial charge in [0.05, 0.1) is 11.3 Å². The number of hydrogen-bond acceptors (Lipinski definition) is 2. The maximum Gasteiger partial charge on any atom is 0.308 e. The van der Waals surface area contributed by atoms with Gasteiger partial charge in [0.25, 0.3) is 0 Å². The first-order chi connectivity index (χ1) is 9.45. The predicted molar refractivity (Wildman–Crippen MR) is 79.5 cm³/mol. The van der Waals surface area contributed by atoms with E-state index >= 15 is 0 Å². The number of aliphatic carboxylic acids is 1. The van der Waals surface area contributed by atoms with E-state index in [1.807, 2.05) is 24.3 Å². The van der Waals surface area contributed by atoms with Crippen LogP contribution in [-0.4, -0.2) is 23.5 Å². The number of nitrogens with one attached hydrogen (secondary N) is 1. The van der Waals surface area contributed by atoms with Crippen LogP contribution in [0.3, 0.4) is 0 Å². The number of carboxylic acids is 1. The van der Waals surface area contributed by atoms with E-state index in [0.29, 0.717) is 0 Å². The summed E-state index contributed by atoms with van der Waals surface area (Å²) in [6, 6.07) is 7.79. The van der Waals surface area contributed by atoms with Gasteiger partial charge in [0.15, 0.2) is 0 Å². The zero-order chi connectivity index (χ0) is 14.8. The van der Waals surface area contributed by atoms with Gasteiger partial charge in [-0.3, -0.25) is 9.59 Å². The second-order valence-corrected chi connectivity index (χ2v) is 6.31. The Bertz CT molecular complexity index is 508. The number of carbonyl (C=O) groups excluding carboxylic acids is 1. The van der Waals surface area contributed by atoms with Crippen LogP contribution in [-0.2, 0) is 15.0 Å². The Kier molecular flexibility index (Phi) is 4.48. The van der Waals surface area contributed by atoms with Crippen molar-refractivity contribution in [3.05, 3.63) is 34.3 Å². The molecule has 2 rings (SSSR count). The molecule has 1 amide bonds. The Hall–Kier alpha value is -1.36. The zero-order valence-electron chi connectivity index (χ0n) is 11.4. The first kappa shape index (κ1) is 15.0. The van der Waals surface area contributed by atoms with Crippen LogP contribution in [0.2, 0.25) is 0 Å². The Morgan fingerprint density at radius 2 is 1.95 bits per heavy atom. The molecule has 1 aliphatic rings. The van der Waals surface area contributed by atoms with Gasteiger partial charge in [-0.1, -0.05) is 41.4 Å². The highest BCUT2D eigenvalue weighted by Gasteiger charge is 2.45. The van der Waals surface area contributed by atoms with Crippen molar-refractivity contribution in [2.75, 3.05) is 6.54 Å². The maximum atomic E-state index is 12.4. The average molecular weight is 340 g/mol. The summed E-state index contributed by atoms with van der Waals surface area (Å²) in [5, 5.41) is 11.6. The summed E-state index contributed by atoms with van der Waals surface area (Å²) in [5.41, 5.74) is 0.534. The van der Waals surface area contributed by atoms with Gasteiger partial charge in [0, 0.05) is 11.0 Å². The fourth-order valence-corrected chi connectivity index (χ4v) is 2.71. The molecule has 0 spiro atoms. The van der Waals surface area contributed by atoms with Crippen molar-refractivity contribution in [3.63, 3.8) is 0 Å². The van der Waals surface area contributed by atoms with Crippen molar-refractivity contribution in [1.82, 2.24) is 5.32 Å². The Labute approximate surface area is 126 Å². The summed E-state index contributed by atoms with van der Waals surface area (Å²) < 4.78 is 0.982. The Morgan fingerprint density at radius 3 is 2.40 bits per heavy atom. The monoisotopic (exact) mass is 339 g/mol. The molecule has 1 aromatic carbocycles. The van der Waals surface area contributed by atoms with Crippen molar-refractivity contribution >= 4 is 27.8 Å². The maximum absolute atomic E-state index is 12.4. The molecular weight excluding hydrogens is 322 g/mol. The third-order valence-electron chi connectivity index (χ3n) is 4.03. The molecule has 0 saturated heterocycles. The summed E-state index contributed by atoms with van der Waals surface area (Å²) in [5.74, 6) is -1.52. The molecule has 108 valence electrons. The smallest absolute Gasteiger partial charge is 0.308 e. The highest BCUT2D eigenvalue weighted by atomic mass is 79.9. The molecule has 1 saturated carbocycles. The van der Waals surface area contributed by atoms with Crippen LogP contribution in [0.5, 0.6) is 0 Å². The van der Waals surface area contributed by atoms with Crippen LogP contribution in [0.4, 0.5) is 0 Å². The lowest BCUT2D eigenvalue weighted by atomic mass is 9.64. The van der Waals surface area contributed by atoms with Gasteiger partial charge in [-0.05, 0) is 30.5 Å². The lowest BCUT2D eigenvalue weighted by Crippen LogP contribution is -2.50. The summed E-state index contributed by atoms with van der Waals surface area (Å²) in [4.78, 5) is 23.2. The quantitative estimate of drug-likeness (QED) is 0.866. The first-order valence-corrected chi connectivity index (χ1v) is 7.52. The highest BCUT2D eigenvalue weighted by Crippen LogP contribution is 2.44. The number of carbonyl (C=O) groups is 2. The van der Waals surface area contributed by atoms with Crippen LogP contribution in [0.25, 0.3) is 0 Å². The fraction of sp³-hybridized carbons (Fsp3) is 0.467. The zero-order valence-corrected chi connectivity index (χ0v) is 12.9. The number of carboxylic acid groups (broad SMARTS) is 1. The van der Waals surface area contributed by atoms with Gasteiger partial charge in [0.1, 0.15) is 0 Å². The molecule has 0 radical (unpaired) electrons. The molecule has 4 nitrogen and oxygen atoms in total. The largest absolute Gasteiger partial charge is 0.481 e. The lowest BCUT2D eigenvalue weighted by molar-refractivity contribution is -0.141. The van der Waals surface area contributed by atoms with Gasteiger partial charge in [-0.15, -0.1) is 0 Å². The van der Waals surface area contributed by atoms with E-state index in [-0.39, 0.29) is 12.5 Å². The van der Waals surface area contributed by atoms with Gasteiger partial charge in [-0.2, -0.15) is 0 Å². The number of amides is 1. The second-order valence-electron chi connectivity index (χ2n) is 5.39. The number of hydrogen-bond donors (Lipinski definition) is 2. The molecule has 1 aromatic rings. The van der Waals surface area contributed by atoms with Gasteiger partial charge in [0.2, 0.25) is 5.91 Å². The molecule has 0 bridgehead atoms. The normalized spacial score (nSPS) is 17.9. The summed E-state index contributed by atoms with van der Waals surface area (Å²) in [6.45, 7) is 1.77. The molecule has 0 aliphatic heterocycles. The minimum absolute atomic E-state index is 0.0563. The minimum Gasteiger partial charge on any atom is -0.481 e. The van der Waals surface area contributed by atoms with Crippen molar-refractivity contribution < 1.29 is 14.7 Å². The predicted octanol–water partition coefficient (Wildman–Crippen LogP) is 2.71. The van der Waals surface area contributed by atoms with Crippen molar-refractivity contribution in [2.24, 2.45) is 5.92 Å². The number of halogens is 1. The minimum atomic E-state index is -0.892. The van der Waals surface area contributed by atoms with E-state index in [0.717, 1.165) is 29.3 Å². The van der Waals surface area contributed by atoms with Gasteiger partial charge < -0.3 is 10.4 Å². The molecule has 1 fully saturated rings. The van der Waals surface area contributed by atoms with Crippen LogP contribution in [0.1, 0.15) is 31.7 Å².